The summed E-state index contributed by atoms with van der Waals surface area (Å²) in [5, 5.41) is 7.38. The summed E-state index contributed by atoms with van der Waals surface area (Å²) in [6.07, 6.45) is 5.56. The molecule has 1 N–H and O–H groups in total. The number of ether oxygens (including phenoxy) is 1. The van der Waals surface area contributed by atoms with Gasteiger partial charge in [-0.2, -0.15) is 5.10 Å². The highest BCUT2D eigenvalue weighted by Gasteiger charge is 2.56. The molecule has 1 amide bonds. The third-order valence-electron chi connectivity index (χ3n) is 4.15. The smallest absolute Gasteiger partial charge is 0.229 e. The maximum Gasteiger partial charge on any atom is 0.229 e. The molecule has 0 aromatic carbocycles. The van der Waals surface area contributed by atoms with E-state index in [2.05, 4.69) is 24.3 Å². The number of β-lactam (4-membered cyclic amide) rings is 1. The molecule has 2 fully saturated rings. The van der Waals surface area contributed by atoms with Gasteiger partial charge in [-0.25, -0.2) is 0 Å². The molecule has 0 aliphatic carbocycles. The summed E-state index contributed by atoms with van der Waals surface area (Å²) in [6, 6.07) is 0.460. The molecule has 1 atom stereocenters. The van der Waals surface area contributed by atoms with E-state index < -0.39 is 0 Å². The summed E-state index contributed by atoms with van der Waals surface area (Å²) in [6.45, 7) is 5.56. The van der Waals surface area contributed by atoms with Crippen LogP contribution in [-0.4, -0.2) is 28.9 Å². The fourth-order valence-corrected chi connectivity index (χ4v) is 2.90. The predicted molar refractivity (Wildman–Crippen MR) is 66.0 cm³/mol. The van der Waals surface area contributed by atoms with Crippen LogP contribution in [0.4, 0.5) is 0 Å². The van der Waals surface area contributed by atoms with Gasteiger partial charge in [-0.05, 0) is 26.7 Å². The summed E-state index contributed by atoms with van der Waals surface area (Å²) in [4.78, 5) is 11.9. The van der Waals surface area contributed by atoms with E-state index in [1.807, 2.05) is 17.1 Å². The minimum absolute atomic E-state index is 0.112. The Morgan fingerprint density at radius 1 is 1.50 bits per heavy atom. The van der Waals surface area contributed by atoms with E-state index in [0.29, 0.717) is 19.3 Å². The topological polar surface area (TPSA) is 56.2 Å². The van der Waals surface area contributed by atoms with Crippen molar-refractivity contribution in [2.24, 2.45) is 5.41 Å². The zero-order valence-corrected chi connectivity index (χ0v) is 10.8. The largest absolute Gasteiger partial charge is 0.381 e. The van der Waals surface area contributed by atoms with E-state index in [0.717, 1.165) is 18.4 Å². The first-order valence-corrected chi connectivity index (χ1v) is 6.56. The maximum absolute atomic E-state index is 11.9. The molecule has 1 aromatic heterocycles. The molecule has 0 unspecified atom stereocenters. The second kappa shape index (κ2) is 4.09. The number of hydrogen-bond donors (Lipinski definition) is 1. The number of hydrogen-bond acceptors (Lipinski definition) is 3. The summed E-state index contributed by atoms with van der Waals surface area (Å²) >= 11 is 0. The van der Waals surface area contributed by atoms with E-state index >= 15 is 0 Å². The minimum atomic E-state index is -0.247. The second-order valence-corrected chi connectivity index (χ2v) is 5.52. The molecule has 3 rings (SSSR count). The highest BCUT2D eigenvalue weighted by atomic mass is 16.5. The summed E-state index contributed by atoms with van der Waals surface area (Å²) in [5.41, 5.74) is 0.869. The third kappa shape index (κ3) is 1.57. The molecule has 2 aliphatic heterocycles. The Balaban J connectivity index is 1.85. The van der Waals surface area contributed by atoms with Crippen molar-refractivity contribution in [1.29, 1.82) is 0 Å². The van der Waals surface area contributed by atoms with E-state index in [-0.39, 0.29) is 17.4 Å². The van der Waals surface area contributed by atoms with Crippen LogP contribution in [0.15, 0.2) is 12.4 Å². The number of carbonyl (C=O) groups excluding carboxylic acids is 1. The van der Waals surface area contributed by atoms with Gasteiger partial charge < -0.3 is 10.1 Å². The third-order valence-corrected chi connectivity index (χ3v) is 4.15. The molecule has 0 bridgehead atoms. The summed E-state index contributed by atoms with van der Waals surface area (Å²) in [5.74, 6) is 0.174. The fraction of sp³-hybridized carbons (Fsp3) is 0.692. The lowest BCUT2D eigenvalue weighted by Gasteiger charge is -2.50. The number of rotatable bonds is 2. The minimum Gasteiger partial charge on any atom is -0.381 e. The highest BCUT2D eigenvalue weighted by molar-refractivity contribution is 5.90. The molecular formula is C13H19N3O2. The van der Waals surface area contributed by atoms with Crippen molar-refractivity contribution in [2.45, 2.75) is 38.8 Å². The van der Waals surface area contributed by atoms with E-state index in [1.165, 1.54) is 0 Å². The van der Waals surface area contributed by atoms with E-state index in [9.17, 15) is 4.79 Å². The molecular weight excluding hydrogens is 230 g/mol. The van der Waals surface area contributed by atoms with E-state index in [4.69, 9.17) is 4.74 Å². The van der Waals surface area contributed by atoms with Crippen LogP contribution in [0.25, 0.3) is 0 Å². The first-order valence-electron chi connectivity index (χ1n) is 6.56. The standard InChI is InChI=1S/C13H19N3O2/c1-9(2)16-8-10(7-14-16)11-13(12(17)15-11)3-5-18-6-4-13/h7-9,11H,3-6H2,1-2H3,(H,15,17)/t11-/m1/s1. The molecule has 0 radical (unpaired) electrons. The zero-order chi connectivity index (χ0) is 12.8. The zero-order valence-electron chi connectivity index (χ0n) is 10.8. The van der Waals surface area contributed by atoms with Gasteiger partial charge in [0.2, 0.25) is 5.91 Å². The number of amides is 1. The van der Waals surface area contributed by atoms with Gasteiger partial charge in [0.15, 0.2) is 0 Å². The lowest BCUT2D eigenvalue weighted by molar-refractivity contribution is -0.155. The number of nitrogens with one attached hydrogen (secondary N) is 1. The van der Waals surface area contributed by atoms with Crippen LogP contribution in [0.1, 0.15) is 44.3 Å². The van der Waals surface area contributed by atoms with Crippen LogP contribution < -0.4 is 5.32 Å². The Kier molecular flexibility index (Phi) is 2.66. The highest BCUT2D eigenvalue weighted by Crippen LogP contribution is 2.49. The van der Waals surface area contributed by atoms with Crippen LogP contribution in [0.5, 0.6) is 0 Å². The van der Waals surface area contributed by atoms with Crippen molar-refractivity contribution >= 4 is 5.91 Å². The quantitative estimate of drug-likeness (QED) is 0.807. The molecule has 18 heavy (non-hydrogen) atoms. The molecule has 5 nitrogen and oxygen atoms in total. The normalized spacial score (nSPS) is 26.2. The molecule has 1 aromatic rings. The van der Waals surface area contributed by atoms with Gasteiger partial charge in [-0.1, -0.05) is 0 Å². The molecule has 2 saturated heterocycles. The van der Waals surface area contributed by atoms with Gasteiger partial charge in [0, 0.05) is 31.0 Å². The van der Waals surface area contributed by atoms with Crippen LogP contribution in [0.3, 0.4) is 0 Å². The molecule has 5 heteroatoms. The fourth-order valence-electron chi connectivity index (χ4n) is 2.90. The Hall–Kier alpha value is -1.36. The molecule has 1 spiro atoms. The lowest BCUT2D eigenvalue weighted by atomic mass is 9.65. The number of aromatic nitrogens is 2. The average molecular weight is 249 g/mol. The van der Waals surface area contributed by atoms with Gasteiger partial charge in [0.25, 0.3) is 0 Å². The monoisotopic (exact) mass is 249 g/mol. The summed E-state index contributed by atoms with van der Waals surface area (Å²) in [7, 11) is 0. The Morgan fingerprint density at radius 3 is 2.78 bits per heavy atom. The van der Waals surface area contributed by atoms with Gasteiger partial charge >= 0.3 is 0 Å². The number of carbonyl (C=O) groups is 1. The van der Waals surface area contributed by atoms with Crippen molar-refractivity contribution in [3.8, 4) is 0 Å². The summed E-state index contributed by atoms with van der Waals surface area (Å²) < 4.78 is 7.31. The van der Waals surface area contributed by atoms with Crippen LogP contribution in [0, 0.1) is 5.41 Å². The SMILES string of the molecule is CC(C)n1cc([C@H]2NC(=O)C23CCOCC3)cn1. The molecule has 3 heterocycles. The van der Waals surface area contributed by atoms with Crippen molar-refractivity contribution in [1.82, 2.24) is 15.1 Å². The average Bonchev–Trinajstić information content (AvgIpc) is 2.86. The van der Waals surface area contributed by atoms with Crippen molar-refractivity contribution < 1.29 is 9.53 Å². The van der Waals surface area contributed by atoms with Gasteiger partial charge in [-0.15, -0.1) is 0 Å². The van der Waals surface area contributed by atoms with Gasteiger partial charge in [0.05, 0.1) is 17.7 Å². The van der Waals surface area contributed by atoms with Crippen molar-refractivity contribution in [3.63, 3.8) is 0 Å². The first kappa shape index (κ1) is 11.7. The van der Waals surface area contributed by atoms with Crippen molar-refractivity contribution in [2.75, 3.05) is 13.2 Å². The predicted octanol–water partition coefficient (Wildman–Crippen LogP) is 1.43. The number of nitrogens with zero attached hydrogens (tertiary/aromatic N) is 2. The first-order chi connectivity index (χ1) is 8.63. The Bertz CT molecular complexity index is 461. The van der Waals surface area contributed by atoms with Crippen LogP contribution >= 0.6 is 0 Å². The van der Waals surface area contributed by atoms with E-state index in [1.54, 1.807) is 0 Å². The molecule has 98 valence electrons. The van der Waals surface area contributed by atoms with Crippen molar-refractivity contribution in [3.05, 3.63) is 18.0 Å². The maximum atomic E-state index is 11.9. The molecule has 2 aliphatic rings. The van der Waals surface area contributed by atoms with Gasteiger partial charge in [-0.3, -0.25) is 9.48 Å². The lowest BCUT2D eigenvalue weighted by Crippen LogP contribution is -2.62. The van der Waals surface area contributed by atoms with Crippen LogP contribution in [0.2, 0.25) is 0 Å². The van der Waals surface area contributed by atoms with Gasteiger partial charge in [0.1, 0.15) is 0 Å². The van der Waals surface area contributed by atoms with Crippen LogP contribution in [-0.2, 0) is 9.53 Å². The molecule has 0 saturated carbocycles. The second-order valence-electron chi connectivity index (χ2n) is 5.52. The Morgan fingerprint density at radius 2 is 2.22 bits per heavy atom. The Labute approximate surface area is 107 Å².